The Balaban J connectivity index is 2.48. The molecule has 0 spiro atoms. The van der Waals surface area contributed by atoms with Gasteiger partial charge in [-0.15, -0.1) is 0 Å². The van der Waals surface area contributed by atoms with Crippen LogP contribution >= 0.6 is 0 Å². The summed E-state index contributed by atoms with van der Waals surface area (Å²) in [6.07, 6.45) is 3.17. The first-order valence-electron chi connectivity index (χ1n) is 5.05. The minimum absolute atomic E-state index is 0.469. The van der Waals surface area contributed by atoms with Gasteiger partial charge in [0.25, 0.3) is 0 Å². The van der Waals surface area contributed by atoms with E-state index < -0.39 is 0 Å². The average Bonchev–Trinajstić information content (AvgIpc) is 2.38. The van der Waals surface area contributed by atoms with Crippen LogP contribution in [0, 0.1) is 0 Å². The summed E-state index contributed by atoms with van der Waals surface area (Å²) in [5.74, 6) is 1.07. The standard InChI is InChI=1S/C12H13N3O2/c1-16-11-7-14-10(6-15-11)8-4-3-5-9(13)12(8)17-2/h3-7H,13H2,1-2H3. The minimum Gasteiger partial charge on any atom is -0.494 e. The fourth-order valence-corrected chi connectivity index (χ4v) is 1.55. The van der Waals surface area contributed by atoms with Gasteiger partial charge in [0.2, 0.25) is 5.88 Å². The summed E-state index contributed by atoms with van der Waals surface area (Å²) in [5, 5.41) is 0. The maximum atomic E-state index is 5.83. The van der Waals surface area contributed by atoms with Gasteiger partial charge in [0, 0.05) is 5.56 Å². The molecule has 5 nitrogen and oxygen atoms in total. The van der Waals surface area contributed by atoms with Crippen LogP contribution in [0.15, 0.2) is 30.6 Å². The van der Waals surface area contributed by atoms with Crippen molar-refractivity contribution in [3.8, 4) is 22.9 Å². The maximum absolute atomic E-state index is 5.83. The molecule has 2 N–H and O–H groups in total. The topological polar surface area (TPSA) is 70.3 Å². The Kier molecular flexibility index (Phi) is 3.09. The van der Waals surface area contributed by atoms with E-state index in [9.17, 15) is 0 Å². The molecule has 0 saturated carbocycles. The first-order chi connectivity index (χ1) is 8.26. The van der Waals surface area contributed by atoms with Gasteiger partial charge in [-0.05, 0) is 12.1 Å². The van der Waals surface area contributed by atoms with Crippen molar-refractivity contribution >= 4 is 5.69 Å². The fraction of sp³-hybridized carbons (Fsp3) is 0.167. The van der Waals surface area contributed by atoms with Gasteiger partial charge in [-0.3, -0.25) is 0 Å². The highest BCUT2D eigenvalue weighted by Gasteiger charge is 2.10. The molecule has 0 unspecified atom stereocenters. The number of anilines is 1. The molecular formula is C12H13N3O2. The quantitative estimate of drug-likeness (QED) is 0.815. The van der Waals surface area contributed by atoms with Crippen LogP contribution in [0.2, 0.25) is 0 Å². The summed E-state index contributed by atoms with van der Waals surface area (Å²) in [4.78, 5) is 8.34. The highest BCUT2D eigenvalue weighted by atomic mass is 16.5. The molecule has 1 aromatic carbocycles. The number of benzene rings is 1. The van der Waals surface area contributed by atoms with Crippen molar-refractivity contribution in [1.29, 1.82) is 0 Å². The Hall–Kier alpha value is -2.30. The van der Waals surface area contributed by atoms with Crippen molar-refractivity contribution in [3.05, 3.63) is 30.6 Å². The lowest BCUT2D eigenvalue weighted by molar-refractivity contribution is 0.395. The summed E-state index contributed by atoms with van der Waals surface area (Å²) in [6.45, 7) is 0. The zero-order valence-electron chi connectivity index (χ0n) is 9.68. The lowest BCUT2D eigenvalue weighted by Crippen LogP contribution is -1.96. The summed E-state index contributed by atoms with van der Waals surface area (Å²) >= 11 is 0. The monoisotopic (exact) mass is 231 g/mol. The summed E-state index contributed by atoms with van der Waals surface area (Å²) in [5.41, 5.74) is 7.90. The SMILES string of the molecule is COc1cnc(-c2cccc(N)c2OC)cn1. The molecule has 2 rings (SSSR count). The van der Waals surface area contributed by atoms with Gasteiger partial charge in [-0.25, -0.2) is 9.97 Å². The van der Waals surface area contributed by atoms with Crippen LogP contribution < -0.4 is 15.2 Å². The van der Waals surface area contributed by atoms with Gasteiger partial charge in [0.05, 0.1) is 38.0 Å². The molecule has 0 bridgehead atoms. The predicted octanol–water partition coefficient (Wildman–Crippen LogP) is 1.74. The molecule has 1 heterocycles. The van der Waals surface area contributed by atoms with Gasteiger partial charge >= 0.3 is 0 Å². The predicted molar refractivity (Wildman–Crippen MR) is 65.0 cm³/mol. The Morgan fingerprint density at radius 2 is 1.88 bits per heavy atom. The molecule has 88 valence electrons. The van der Waals surface area contributed by atoms with E-state index in [1.807, 2.05) is 12.1 Å². The summed E-state index contributed by atoms with van der Waals surface area (Å²) in [7, 11) is 3.12. The number of nitrogens with zero attached hydrogens (tertiary/aromatic N) is 2. The zero-order valence-corrected chi connectivity index (χ0v) is 9.68. The molecule has 0 amide bonds. The van der Waals surface area contributed by atoms with Gasteiger partial charge in [-0.1, -0.05) is 6.07 Å². The van der Waals surface area contributed by atoms with Crippen LogP contribution in [0.4, 0.5) is 5.69 Å². The molecule has 17 heavy (non-hydrogen) atoms. The summed E-state index contributed by atoms with van der Waals surface area (Å²) in [6, 6.07) is 5.50. The molecule has 2 aromatic rings. The molecule has 1 aromatic heterocycles. The van der Waals surface area contributed by atoms with Crippen LogP contribution in [0.25, 0.3) is 11.3 Å². The van der Waals surface area contributed by atoms with Crippen molar-refractivity contribution in [2.24, 2.45) is 0 Å². The number of nitrogen functional groups attached to an aromatic ring is 1. The van der Waals surface area contributed by atoms with E-state index in [0.717, 1.165) is 5.56 Å². The van der Waals surface area contributed by atoms with Crippen LogP contribution in [0.3, 0.4) is 0 Å². The van der Waals surface area contributed by atoms with E-state index in [-0.39, 0.29) is 0 Å². The number of hydrogen-bond donors (Lipinski definition) is 1. The van der Waals surface area contributed by atoms with Crippen LogP contribution in [0.1, 0.15) is 0 Å². The van der Waals surface area contributed by atoms with Crippen molar-refractivity contribution in [2.45, 2.75) is 0 Å². The molecule has 0 saturated heterocycles. The lowest BCUT2D eigenvalue weighted by Gasteiger charge is -2.10. The number of ether oxygens (including phenoxy) is 2. The van der Waals surface area contributed by atoms with Crippen LogP contribution in [-0.4, -0.2) is 24.2 Å². The minimum atomic E-state index is 0.469. The highest BCUT2D eigenvalue weighted by molar-refractivity contribution is 5.74. The normalized spacial score (nSPS) is 10.0. The number of hydrogen-bond acceptors (Lipinski definition) is 5. The van der Waals surface area contributed by atoms with E-state index in [1.165, 1.54) is 0 Å². The van der Waals surface area contributed by atoms with E-state index in [2.05, 4.69) is 9.97 Å². The largest absolute Gasteiger partial charge is 0.494 e. The van der Waals surface area contributed by atoms with Crippen molar-refractivity contribution in [1.82, 2.24) is 9.97 Å². The van der Waals surface area contributed by atoms with Gasteiger partial charge in [0.1, 0.15) is 0 Å². The highest BCUT2D eigenvalue weighted by Crippen LogP contribution is 2.33. The van der Waals surface area contributed by atoms with E-state index in [1.54, 1.807) is 32.7 Å². The smallest absolute Gasteiger partial charge is 0.232 e. The van der Waals surface area contributed by atoms with Gasteiger partial charge < -0.3 is 15.2 Å². The number of methoxy groups -OCH3 is 2. The fourth-order valence-electron chi connectivity index (χ4n) is 1.55. The maximum Gasteiger partial charge on any atom is 0.232 e. The molecular weight excluding hydrogens is 218 g/mol. The number of nitrogens with two attached hydrogens (primary N) is 1. The van der Waals surface area contributed by atoms with E-state index >= 15 is 0 Å². The molecule has 0 radical (unpaired) electrons. The number of aromatic nitrogens is 2. The Labute approximate surface area is 99.2 Å². The second-order valence-electron chi connectivity index (χ2n) is 3.37. The third-order valence-corrected chi connectivity index (χ3v) is 2.36. The first-order valence-corrected chi connectivity index (χ1v) is 5.05. The zero-order chi connectivity index (χ0) is 12.3. The average molecular weight is 231 g/mol. The second kappa shape index (κ2) is 4.69. The Morgan fingerprint density at radius 3 is 2.47 bits per heavy atom. The van der Waals surface area contributed by atoms with Crippen LogP contribution in [0.5, 0.6) is 11.6 Å². The van der Waals surface area contributed by atoms with Crippen molar-refractivity contribution in [3.63, 3.8) is 0 Å². The third-order valence-electron chi connectivity index (χ3n) is 2.36. The van der Waals surface area contributed by atoms with Crippen molar-refractivity contribution < 1.29 is 9.47 Å². The van der Waals surface area contributed by atoms with Gasteiger partial charge in [0.15, 0.2) is 5.75 Å². The molecule has 0 aliphatic rings. The number of para-hydroxylation sites is 1. The molecule has 5 heteroatoms. The Morgan fingerprint density at radius 1 is 1.06 bits per heavy atom. The lowest BCUT2D eigenvalue weighted by atomic mass is 10.1. The molecule has 0 aliphatic heterocycles. The van der Waals surface area contributed by atoms with E-state index in [0.29, 0.717) is 23.0 Å². The van der Waals surface area contributed by atoms with Crippen molar-refractivity contribution in [2.75, 3.05) is 20.0 Å². The summed E-state index contributed by atoms with van der Waals surface area (Å²) < 4.78 is 10.2. The first kappa shape index (κ1) is 11.2. The third kappa shape index (κ3) is 2.13. The Bertz CT molecular complexity index is 512. The number of rotatable bonds is 3. The van der Waals surface area contributed by atoms with Gasteiger partial charge in [-0.2, -0.15) is 0 Å². The van der Waals surface area contributed by atoms with Crippen LogP contribution in [-0.2, 0) is 0 Å². The van der Waals surface area contributed by atoms with E-state index in [4.69, 9.17) is 15.2 Å². The second-order valence-corrected chi connectivity index (χ2v) is 3.37. The molecule has 0 fully saturated rings. The molecule has 0 atom stereocenters. The molecule has 0 aliphatic carbocycles.